The Morgan fingerprint density at radius 3 is 1.07 bits per heavy atom. The van der Waals surface area contributed by atoms with Crippen LogP contribution in [0.3, 0.4) is 0 Å². The number of primary amides is 1. The van der Waals surface area contributed by atoms with Gasteiger partial charge in [-0.1, -0.05) is 90.0 Å². The number of carboxylic acid groups (broad SMARTS) is 3. The van der Waals surface area contributed by atoms with E-state index in [-0.39, 0.29) is 5.92 Å². The van der Waals surface area contributed by atoms with Gasteiger partial charge in [-0.25, -0.2) is 4.79 Å². The van der Waals surface area contributed by atoms with Gasteiger partial charge >= 0.3 is 23.9 Å². The van der Waals surface area contributed by atoms with Crippen molar-refractivity contribution in [1.29, 1.82) is 0 Å². The van der Waals surface area contributed by atoms with Crippen molar-refractivity contribution in [3.8, 4) is 0 Å². The SMILES string of the molecule is CC(C)[C@H](N)C(=O)N[C@H](C(=O)N[C@@H](CC(C(=O)O)C(C)(C)C)C(=O)N[C@@H](CC(C(=O)O)C(C)(C)C)C(=O)N[C@@H](C)C(=O)N[C@@H](CC(C(=O)O)C(C)(C)C)C(=O)N[C@@H](CC(N)=O)C(=O)OC(C)(C)C)C(C)C. The third kappa shape index (κ3) is 22.4. The van der Waals surface area contributed by atoms with Crippen molar-refractivity contribution >= 4 is 65.2 Å². The Bertz CT molecular complexity index is 1940. The fourth-order valence-electron chi connectivity index (χ4n) is 7.21. The number of aliphatic carboxylic acids is 3. The molecule has 0 fully saturated rings. The summed E-state index contributed by atoms with van der Waals surface area (Å²) in [6.45, 7) is 26.6. The molecule has 406 valence electrons. The number of nitrogens with two attached hydrogens (primary N) is 2. The molecular weight excluding hydrogens is 929 g/mol. The van der Waals surface area contributed by atoms with E-state index in [2.05, 4.69) is 31.9 Å². The monoisotopic (exact) mass is 1010 g/mol. The van der Waals surface area contributed by atoms with E-state index in [1.54, 1.807) is 90.0 Å². The molecular formula is C48H84N8O15. The molecule has 0 saturated carbocycles. The van der Waals surface area contributed by atoms with Crippen LogP contribution in [0.5, 0.6) is 0 Å². The Labute approximate surface area is 417 Å². The molecule has 71 heavy (non-hydrogen) atoms. The zero-order valence-electron chi connectivity index (χ0n) is 44.7. The smallest absolute Gasteiger partial charge is 0.329 e. The topological polar surface area (TPSA) is 382 Å². The van der Waals surface area contributed by atoms with E-state index >= 15 is 0 Å². The van der Waals surface area contributed by atoms with Gasteiger partial charge in [0, 0.05) is 0 Å². The number of carbonyl (C=O) groups is 11. The average Bonchev–Trinajstić information content (AvgIpc) is 3.17. The maximum absolute atomic E-state index is 14.5. The normalized spacial score (nSPS) is 16.5. The second kappa shape index (κ2) is 26.5. The van der Waals surface area contributed by atoms with Crippen molar-refractivity contribution in [2.45, 2.75) is 191 Å². The van der Waals surface area contributed by atoms with Gasteiger partial charge in [-0.05, 0) is 75.0 Å². The lowest BCUT2D eigenvalue weighted by molar-refractivity contribution is -0.160. The molecule has 0 aromatic rings. The highest BCUT2D eigenvalue weighted by molar-refractivity contribution is 5.98. The van der Waals surface area contributed by atoms with Crippen LogP contribution in [0.4, 0.5) is 0 Å². The molecule has 10 atom stereocenters. The Balaban J connectivity index is 7.38. The molecule has 0 aromatic carbocycles. The van der Waals surface area contributed by atoms with E-state index in [0.717, 1.165) is 0 Å². The van der Waals surface area contributed by atoms with Gasteiger partial charge in [-0.3, -0.25) is 47.9 Å². The van der Waals surface area contributed by atoms with E-state index in [1.165, 1.54) is 27.7 Å². The summed E-state index contributed by atoms with van der Waals surface area (Å²) in [4.78, 5) is 146. The minimum atomic E-state index is -1.79. The Morgan fingerprint density at radius 1 is 0.451 bits per heavy atom. The highest BCUT2D eigenvalue weighted by Gasteiger charge is 2.43. The summed E-state index contributed by atoms with van der Waals surface area (Å²) < 4.78 is 5.33. The van der Waals surface area contributed by atoms with Gasteiger partial charge in [0.1, 0.15) is 41.9 Å². The second-order valence-corrected chi connectivity index (χ2v) is 23.2. The molecule has 0 aliphatic carbocycles. The van der Waals surface area contributed by atoms with Crippen LogP contribution in [-0.4, -0.2) is 128 Å². The van der Waals surface area contributed by atoms with Crippen LogP contribution in [0.1, 0.15) is 143 Å². The molecule has 23 nitrogen and oxygen atoms in total. The third-order valence-corrected chi connectivity index (χ3v) is 11.8. The summed E-state index contributed by atoms with van der Waals surface area (Å²) in [7, 11) is 0. The standard InChI is InChI=1S/C48H84N8O15/c1-22(2)33(50)39(62)56-34(23(3)4)40(63)54-30(20-27(43(68)69)47(12,13)14)37(60)53-28(18-25(41(64)65)45(6,7)8)36(59)51-24(5)35(58)52-29(19-26(42(66)67)46(9,10)11)38(61)55-31(21-32(49)57)44(70)71-48(15,16)17/h22-31,33-34H,18-21,50H2,1-17H3,(H2,49,57)(H,51,59)(H,52,58)(H,53,60)(H,54,63)(H,55,61)(H,56,62)(H,64,65)(H,66,67)(H,68,69)/t24-,25?,26?,27?,28-,29-,30-,31-,33-,34-/m0/s1. The number of esters is 1. The first-order chi connectivity index (χ1) is 31.9. The van der Waals surface area contributed by atoms with Crippen molar-refractivity contribution in [3.63, 3.8) is 0 Å². The van der Waals surface area contributed by atoms with Gasteiger partial charge in [-0.2, -0.15) is 0 Å². The third-order valence-electron chi connectivity index (χ3n) is 11.8. The first-order valence-corrected chi connectivity index (χ1v) is 23.7. The summed E-state index contributed by atoms with van der Waals surface area (Å²) in [5.74, 6) is -17.0. The van der Waals surface area contributed by atoms with Crippen LogP contribution in [0.25, 0.3) is 0 Å². The Kier molecular flexibility index (Phi) is 24.3. The first-order valence-electron chi connectivity index (χ1n) is 23.7. The summed E-state index contributed by atoms with van der Waals surface area (Å²) in [5, 5.41) is 45.4. The highest BCUT2D eigenvalue weighted by Crippen LogP contribution is 2.33. The largest absolute Gasteiger partial charge is 0.481 e. The van der Waals surface area contributed by atoms with Crippen LogP contribution >= 0.6 is 0 Å². The van der Waals surface area contributed by atoms with Crippen LogP contribution < -0.4 is 43.4 Å². The molecule has 0 saturated heterocycles. The lowest BCUT2D eigenvalue weighted by Crippen LogP contribution is -2.61. The predicted octanol–water partition coefficient (Wildman–Crippen LogP) is 1.18. The molecule has 0 rings (SSSR count). The van der Waals surface area contributed by atoms with Crippen LogP contribution in [0.2, 0.25) is 0 Å². The lowest BCUT2D eigenvalue weighted by atomic mass is 9.76. The van der Waals surface area contributed by atoms with Crippen LogP contribution in [-0.2, 0) is 57.5 Å². The molecule has 0 aliphatic heterocycles. The number of rotatable bonds is 26. The molecule has 7 amide bonds. The number of amides is 7. The van der Waals surface area contributed by atoms with E-state index in [0.29, 0.717) is 0 Å². The maximum atomic E-state index is 14.5. The number of hydrogen-bond acceptors (Lipinski definition) is 13. The van der Waals surface area contributed by atoms with Gasteiger partial charge < -0.3 is 63.4 Å². The van der Waals surface area contributed by atoms with E-state index in [1.807, 2.05) is 0 Å². The number of ether oxygens (including phenoxy) is 1. The van der Waals surface area contributed by atoms with Crippen LogP contribution in [0.15, 0.2) is 0 Å². The van der Waals surface area contributed by atoms with Gasteiger partial charge in [-0.15, -0.1) is 0 Å². The second-order valence-electron chi connectivity index (χ2n) is 23.2. The number of hydrogen-bond donors (Lipinski definition) is 11. The summed E-state index contributed by atoms with van der Waals surface area (Å²) in [6.07, 6.45) is -2.44. The minimum Gasteiger partial charge on any atom is -0.481 e. The average molecular weight is 1010 g/mol. The Morgan fingerprint density at radius 2 is 0.775 bits per heavy atom. The summed E-state index contributed by atoms with van der Waals surface area (Å²) >= 11 is 0. The molecule has 0 heterocycles. The zero-order chi connectivity index (χ0) is 56.1. The summed E-state index contributed by atoms with van der Waals surface area (Å²) in [6, 6.07) is -10.8. The van der Waals surface area contributed by atoms with Crippen molar-refractivity contribution < 1.29 is 72.8 Å². The summed E-state index contributed by atoms with van der Waals surface area (Å²) in [5.41, 5.74) is 7.24. The van der Waals surface area contributed by atoms with Crippen molar-refractivity contribution in [1.82, 2.24) is 31.9 Å². The quantitative estimate of drug-likeness (QED) is 0.0542. The van der Waals surface area contributed by atoms with Gasteiger partial charge in [0.05, 0.1) is 30.2 Å². The number of nitrogens with one attached hydrogen (secondary N) is 6. The molecule has 0 aromatic heterocycles. The van der Waals surface area contributed by atoms with E-state index < -0.39 is 179 Å². The van der Waals surface area contributed by atoms with E-state index in [4.69, 9.17) is 16.2 Å². The predicted molar refractivity (Wildman–Crippen MR) is 260 cm³/mol. The molecule has 0 aliphatic rings. The fourth-order valence-corrected chi connectivity index (χ4v) is 7.21. The molecule has 0 bridgehead atoms. The Hall–Kier alpha value is -5.87. The molecule has 3 unspecified atom stereocenters. The van der Waals surface area contributed by atoms with Gasteiger partial charge in [0.15, 0.2) is 0 Å². The zero-order valence-corrected chi connectivity index (χ0v) is 44.7. The number of carboxylic acids is 3. The molecule has 0 spiro atoms. The van der Waals surface area contributed by atoms with Crippen molar-refractivity contribution in [2.24, 2.45) is 57.3 Å². The molecule has 0 radical (unpaired) electrons. The lowest BCUT2D eigenvalue weighted by Gasteiger charge is -2.34. The molecule has 13 N–H and O–H groups in total. The minimum absolute atomic E-state index is 0.316. The van der Waals surface area contributed by atoms with E-state index in [9.17, 15) is 68.1 Å². The van der Waals surface area contributed by atoms with Gasteiger partial charge in [0.2, 0.25) is 41.4 Å². The van der Waals surface area contributed by atoms with Crippen molar-refractivity contribution in [2.75, 3.05) is 0 Å². The number of carbonyl (C=O) groups excluding carboxylic acids is 8. The van der Waals surface area contributed by atoms with Gasteiger partial charge in [0.25, 0.3) is 0 Å². The maximum Gasteiger partial charge on any atom is 0.329 e. The van der Waals surface area contributed by atoms with Crippen LogP contribution in [0, 0.1) is 45.8 Å². The highest BCUT2D eigenvalue weighted by atomic mass is 16.6. The first kappa shape index (κ1) is 65.1. The van der Waals surface area contributed by atoms with Crippen molar-refractivity contribution in [3.05, 3.63) is 0 Å². The fraction of sp³-hybridized carbons (Fsp3) is 0.771. The molecule has 23 heteroatoms.